The standard InChI is InChI=1S/C20H20N2O4/c1-4-26-20(23)19-15(13-7-9-21-10-8-13)12-16(22-19)14-5-6-17(24-2)18(11-14)25-3/h5-12,22H,4H2,1-3H3. The second kappa shape index (κ2) is 7.74. The Balaban J connectivity index is 2.10. The highest BCUT2D eigenvalue weighted by Crippen LogP contribution is 2.35. The molecule has 0 aliphatic rings. The minimum Gasteiger partial charge on any atom is -0.493 e. The van der Waals surface area contributed by atoms with Gasteiger partial charge < -0.3 is 19.2 Å². The molecule has 134 valence electrons. The van der Waals surface area contributed by atoms with E-state index in [9.17, 15) is 4.79 Å². The van der Waals surface area contributed by atoms with Gasteiger partial charge in [-0.25, -0.2) is 4.79 Å². The van der Waals surface area contributed by atoms with Gasteiger partial charge in [0, 0.05) is 29.2 Å². The normalized spacial score (nSPS) is 10.4. The molecule has 0 aliphatic heterocycles. The van der Waals surface area contributed by atoms with Gasteiger partial charge in [-0.3, -0.25) is 4.98 Å². The first-order valence-corrected chi connectivity index (χ1v) is 8.20. The Morgan fingerprint density at radius 1 is 1.00 bits per heavy atom. The number of hydrogen-bond donors (Lipinski definition) is 1. The van der Waals surface area contributed by atoms with Crippen LogP contribution in [0.4, 0.5) is 0 Å². The Labute approximate surface area is 151 Å². The van der Waals surface area contributed by atoms with Gasteiger partial charge in [0.25, 0.3) is 0 Å². The number of nitrogens with zero attached hydrogens (tertiary/aromatic N) is 1. The lowest BCUT2D eigenvalue weighted by atomic mass is 10.1. The molecule has 0 atom stereocenters. The number of carbonyl (C=O) groups is 1. The van der Waals surface area contributed by atoms with E-state index in [2.05, 4.69) is 9.97 Å². The average Bonchev–Trinajstić information content (AvgIpc) is 3.14. The Hall–Kier alpha value is -3.28. The summed E-state index contributed by atoms with van der Waals surface area (Å²) in [5, 5.41) is 0. The number of methoxy groups -OCH3 is 2. The molecule has 0 saturated heterocycles. The molecular weight excluding hydrogens is 332 g/mol. The maximum Gasteiger partial charge on any atom is 0.355 e. The third kappa shape index (κ3) is 3.39. The van der Waals surface area contributed by atoms with E-state index in [1.54, 1.807) is 33.5 Å². The van der Waals surface area contributed by atoms with E-state index >= 15 is 0 Å². The maximum atomic E-state index is 12.4. The molecule has 26 heavy (non-hydrogen) atoms. The molecule has 3 aromatic rings. The third-order valence-corrected chi connectivity index (χ3v) is 3.98. The molecule has 0 bridgehead atoms. The van der Waals surface area contributed by atoms with Gasteiger partial charge >= 0.3 is 5.97 Å². The van der Waals surface area contributed by atoms with Crippen molar-refractivity contribution in [3.05, 3.63) is 54.5 Å². The van der Waals surface area contributed by atoms with Gasteiger partial charge in [-0.05, 0) is 48.9 Å². The number of ether oxygens (including phenoxy) is 3. The summed E-state index contributed by atoms with van der Waals surface area (Å²) >= 11 is 0. The van der Waals surface area contributed by atoms with Gasteiger partial charge in [-0.2, -0.15) is 0 Å². The van der Waals surface area contributed by atoms with Crippen LogP contribution in [0.2, 0.25) is 0 Å². The zero-order valence-corrected chi connectivity index (χ0v) is 14.9. The van der Waals surface area contributed by atoms with E-state index in [1.807, 2.05) is 36.4 Å². The van der Waals surface area contributed by atoms with Crippen LogP contribution in [0.1, 0.15) is 17.4 Å². The SMILES string of the molecule is CCOC(=O)c1[nH]c(-c2ccc(OC)c(OC)c2)cc1-c1ccncc1. The van der Waals surface area contributed by atoms with Crippen molar-refractivity contribution in [1.29, 1.82) is 0 Å². The molecule has 3 rings (SSSR count). The molecule has 0 amide bonds. The lowest BCUT2D eigenvalue weighted by Gasteiger charge is -2.08. The minimum absolute atomic E-state index is 0.305. The number of aromatic amines is 1. The monoisotopic (exact) mass is 352 g/mol. The predicted octanol–water partition coefficient (Wildman–Crippen LogP) is 3.94. The summed E-state index contributed by atoms with van der Waals surface area (Å²) in [5.41, 5.74) is 3.69. The summed E-state index contributed by atoms with van der Waals surface area (Å²) < 4.78 is 15.8. The first-order chi connectivity index (χ1) is 12.7. The number of rotatable bonds is 6. The van der Waals surface area contributed by atoms with Crippen LogP contribution >= 0.6 is 0 Å². The fourth-order valence-corrected chi connectivity index (χ4v) is 2.74. The molecule has 2 heterocycles. The van der Waals surface area contributed by atoms with Gasteiger partial charge in [0.05, 0.1) is 20.8 Å². The number of carbonyl (C=O) groups excluding carboxylic acids is 1. The van der Waals surface area contributed by atoms with Crippen LogP contribution in [0.5, 0.6) is 11.5 Å². The van der Waals surface area contributed by atoms with Crippen molar-refractivity contribution in [3.63, 3.8) is 0 Å². The lowest BCUT2D eigenvalue weighted by molar-refractivity contribution is 0.0521. The molecule has 0 aliphatic carbocycles. The van der Waals surface area contributed by atoms with E-state index < -0.39 is 5.97 Å². The molecule has 2 aromatic heterocycles. The Bertz CT molecular complexity index is 903. The summed E-state index contributed by atoms with van der Waals surface area (Å²) in [6.45, 7) is 2.08. The highest BCUT2D eigenvalue weighted by Gasteiger charge is 2.19. The second-order valence-corrected chi connectivity index (χ2v) is 5.50. The van der Waals surface area contributed by atoms with Crippen molar-refractivity contribution < 1.29 is 19.0 Å². The van der Waals surface area contributed by atoms with E-state index in [1.165, 1.54) is 0 Å². The average molecular weight is 352 g/mol. The molecule has 6 nitrogen and oxygen atoms in total. The van der Waals surface area contributed by atoms with Crippen molar-refractivity contribution in [3.8, 4) is 33.9 Å². The van der Waals surface area contributed by atoms with Crippen molar-refractivity contribution >= 4 is 5.97 Å². The predicted molar refractivity (Wildman–Crippen MR) is 98.5 cm³/mol. The summed E-state index contributed by atoms with van der Waals surface area (Å²) in [6.07, 6.45) is 3.38. The van der Waals surface area contributed by atoms with Gasteiger partial charge in [0.15, 0.2) is 11.5 Å². The molecule has 1 aromatic carbocycles. The number of benzene rings is 1. The number of aromatic nitrogens is 2. The molecular formula is C20H20N2O4. The highest BCUT2D eigenvalue weighted by molar-refractivity contribution is 5.97. The molecule has 0 saturated carbocycles. The number of hydrogen-bond acceptors (Lipinski definition) is 5. The number of pyridine rings is 1. The van der Waals surface area contributed by atoms with Gasteiger partial charge in [0.1, 0.15) is 5.69 Å². The molecule has 6 heteroatoms. The molecule has 0 radical (unpaired) electrons. The second-order valence-electron chi connectivity index (χ2n) is 5.50. The van der Waals surface area contributed by atoms with Gasteiger partial charge in [-0.1, -0.05) is 0 Å². The van der Waals surface area contributed by atoms with Crippen LogP contribution in [0.25, 0.3) is 22.4 Å². The molecule has 0 spiro atoms. The van der Waals surface area contributed by atoms with Crippen molar-refractivity contribution in [2.75, 3.05) is 20.8 Å². The number of esters is 1. The smallest absolute Gasteiger partial charge is 0.355 e. The number of H-pyrrole nitrogens is 1. The minimum atomic E-state index is -0.397. The van der Waals surface area contributed by atoms with E-state index in [0.29, 0.717) is 23.8 Å². The quantitative estimate of drug-likeness (QED) is 0.680. The largest absolute Gasteiger partial charge is 0.493 e. The summed E-state index contributed by atoms with van der Waals surface area (Å²) in [5.74, 6) is 0.858. The molecule has 0 fully saturated rings. The Morgan fingerprint density at radius 3 is 2.38 bits per heavy atom. The van der Waals surface area contributed by atoms with Crippen LogP contribution in [0, 0.1) is 0 Å². The van der Waals surface area contributed by atoms with E-state index in [4.69, 9.17) is 14.2 Å². The van der Waals surface area contributed by atoms with Crippen LogP contribution in [-0.4, -0.2) is 36.8 Å². The van der Waals surface area contributed by atoms with Gasteiger partial charge in [0.2, 0.25) is 0 Å². The highest BCUT2D eigenvalue weighted by atomic mass is 16.5. The summed E-state index contributed by atoms with van der Waals surface area (Å²) in [4.78, 5) is 19.6. The fraction of sp³-hybridized carbons (Fsp3) is 0.200. The first-order valence-electron chi connectivity index (χ1n) is 8.20. The van der Waals surface area contributed by atoms with Gasteiger partial charge in [-0.15, -0.1) is 0 Å². The maximum absolute atomic E-state index is 12.4. The molecule has 1 N–H and O–H groups in total. The lowest BCUT2D eigenvalue weighted by Crippen LogP contribution is -2.06. The summed E-state index contributed by atoms with van der Waals surface area (Å²) in [7, 11) is 3.18. The van der Waals surface area contributed by atoms with Crippen molar-refractivity contribution in [2.45, 2.75) is 6.92 Å². The zero-order valence-electron chi connectivity index (χ0n) is 14.9. The fourth-order valence-electron chi connectivity index (χ4n) is 2.74. The van der Waals surface area contributed by atoms with Crippen molar-refractivity contribution in [1.82, 2.24) is 9.97 Å². The first kappa shape index (κ1) is 17.5. The molecule has 0 unspecified atom stereocenters. The topological polar surface area (TPSA) is 73.4 Å². The van der Waals surface area contributed by atoms with Crippen LogP contribution in [0.15, 0.2) is 48.8 Å². The van der Waals surface area contributed by atoms with E-state index in [0.717, 1.165) is 22.4 Å². The van der Waals surface area contributed by atoms with E-state index in [-0.39, 0.29) is 0 Å². The number of nitrogens with one attached hydrogen (secondary N) is 1. The Morgan fingerprint density at radius 2 is 1.73 bits per heavy atom. The van der Waals surface area contributed by atoms with Crippen LogP contribution in [-0.2, 0) is 4.74 Å². The van der Waals surface area contributed by atoms with Crippen LogP contribution in [0.3, 0.4) is 0 Å². The zero-order chi connectivity index (χ0) is 18.5. The van der Waals surface area contributed by atoms with Crippen molar-refractivity contribution in [2.24, 2.45) is 0 Å². The van der Waals surface area contributed by atoms with Crippen LogP contribution < -0.4 is 9.47 Å². The summed E-state index contributed by atoms with van der Waals surface area (Å²) in [6, 6.07) is 11.2. The third-order valence-electron chi connectivity index (χ3n) is 3.98. The Kier molecular flexibility index (Phi) is 5.22.